The number of phenolic OH excluding ortho intramolecular Hbond substituents is 1. The van der Waals surface area contributed by atoms with E-state index < -0.39 is 11.7 Å². The summed E-state index contributed by atoms with van der Waals surface area (Å²) in [6.07, 6.45) is -0.539. The molecule has 0 saturated carbocycles. The number of methoxy groups -OCH3 is 1. The smallest absolute Gasteiger partial charge is 0.435 e. The highest BCUT2D eigenvalue weighted by Crippen LogP contribution is 2.40. The van der Waals surface area contributed by atoms with Gasteiger partial charge in [0.25, 0.3) is 0 Å². The Labute approximate surface area is 194 Å². The quantitative estimate of drug-likeness (QED) is 0.324. The predicted molar refractivity (Wildman–Crippen MR) is 130 cm³/mol. The third kappa shape index (κ3) is 3.93. The Bertz CT molecular complexity index is 1500. The molecule has 3 heterocycles. The molecule has 0 aliphatic rings. The lowest BCUT2D eigenvalue weighted by atomic mass is 10.2. The van der Waals surface area contributed by atoms with Gasteiger partial charge in [0.1, 0.15) is 22.8 Å². The molecule has 0 unspecified atom stereocenters. The summed E-state index contributed by atoms with van der Waals surface area (Å²) in [6.45, 7) is 5.48. The standard InChI is InChI=1S/C25H23N3O4S/c1-25(2,3)32-24(30)28-20-13-21(15-6-5-7-17(10-15)31-4)33-23(20)22(27-28)19-11-14-8-9-16(29)12-18(14)26-19/h5-13,26,29H,1-4H3. The van der Waals surface area contributed by atoms with Crippen molar-refractivity contribution >= 4 is 38.5 Å². The predicted octanol–water partition coefficient (Wildman–Crippen LogP) is 6.41. The van der Waals surface area contributed by atoms with Gasteiger partial charge in [-0.2, -0.15) is 9.78 Å². The first-order chi connectivity index (χ1) is 15.7. The first kappa shape index (κ1) is 21.1. The number of rotatable bonds is 3. The fraction of sp³-hybridized carbons (Fsp3) is 0.200. The average Bonchev–Trinajstić information content (AvgIpc) is 3.45. The molecule has 0 radical (unpaired) electrons. The van der Waals surface area contributed by atoms with Crippen LogP contribution in [-0.2, 0) is 4.74 Å². The average molecular weight is 462 g/mol. The number of fused-ring (bicyclic) bond motifs is 2. The number of aromatic nitrogens is 3. The molecule has 8 heteroatoms. The molecule has 0 bridgehead atoms. The largest absolute Gasteiger partial charge is 0.508 e. The minimum Gasteiger partial charge on any atom is -0.508 e. The van der Waals surface area contributed by atoms with Crippen molar-refractivity contribution in [3.63, 3.8) is 0 Å². The zero-order valence-corrected chi connectivity index (χ0v) is 19.5. The number of ether oxygens (including phenoxy) is 2. The maximum atomic E-state index is 13.0. The Balaban J connectivity index is 1.70. The lowest BCUT2D eigenvalue weighted by Crippen LogP contribution is -2.27. The van der Waals surface area contributed by atoms with Gasteiger partial charge in [-0.1, -0.05) is 12.1 Å². The Kier molecular flexibility index (Phi) is 4.90. The van der Waals surface area contributed by atoms with Gasteiger partial charge < -0.3 is 19.6 Å². The summed E-state index contributed by atoms with van der Waals surface area (Å²) in [6, 6.07) is 16.8. The van der Waals surface area contributed by atoms with Crippen LogP contribution in [0.2, 0.25) is 0 Å². The molecule has 0 aliphatic carbocycles. The second-order valence-corrected chi connectivity index (χ2v) is 9.80. The van der Waals surface area contributed by atoms with E-state index in [4.69, 9.17) is 9.47 Å². The van der Waals surface area contributed by atoms with E-state index >= 15 is 0 Å². The molecule has 3 aromatic heterocycles. The first-order valence-electron chi connectivity index (χ1n) is 10.4. The number of nitrogens with zero attached hydrogens (tertiary/aromatic N) is 2. The van der Waals surface area contributed by atoms with Crippen molar-refractivity contribution in [3.8, 4) is 33.3 Å². The summed E-state index contributed by atoms with van der Waals surface area (Å²) in [4.78, 5) is 17.3. The van der Waals surface area contributed by atoms with Crippen LogP contribution in [0.3, 0.4) is 0 Å². The molecule has 5 rings (SSSR count). The van der Waals surface area contributed by atoms with Gasteiger partial charge in [-0.05, 0) is 62.7 Å². The second kappa shape index (κ2) is 7.67. The third-order valence-corrected chi connectivity index (χ3v) is 6.32. The van der Waals surface area contributed by atoms with E-state index in [1.54, 1.807) is 30.6 Å². The molecule has 5 aromatic rings. The first-order valence-corrected chi connectivity index (χ1v) is 11.3. The number of aromatic hydroxyl groups is 1. The van der Waals surface area contributed by atoms with E-state index in [-0.39, 0.29) is 5.75 Å². The Morgan fingerprint density at radius 1 is 1.12 bits per heavy atom. The number of carbonyl (C=O) groups excluding carboxylic acids is 1. The number of nitrogens with one attached hydrogen (secondary N) is 1. The molecule has 0 saturated heterocycles. The summed E-state index contributed by atoms with van der Waals surface area (Å²) in [7, 11) is 1.64. The van der Waals surface area contributed by atoms with Gasteiger partial charge in [0, 0.05) is 21.8 Å². The van der Waals surface area contributed by atoms with Crippen molar-refractivity contribution < 1.29 is 19.4 Å². The summed E-state index contributed by atoms with van der Waals surface area (Å²) in [5.74, 6) is 0.936. The number of hydrogen-bond donors (Lipinski definition) is 2. The molecule has 0 amide bonds. The molecule has 33 heavy (non-hydrogen) atoms. The SMILES string of the molecule is COc1cccc(-c2cc3c(s2)c(-c2cc4ccc(O)cc4[nH]2)nn3C(=O)OC(C)(C)C)c1. The monoisotopic (exact) mass is 461 g/mol. The van der Waals surface area contributed by atoms with Crippen LogP contribution in [-0.4, -0.2) is 38.7 Å². The van der Waals surface area contributed by atoms with Gasteiger partial charge in [-0.25, -0.2) is 4.79 Å². The molecule has 168 valence electrons. The summed E-state index contributed by atoms with van der Waals surface area (Å²) < 4.78 is 13.2. The van der Waals surface area contributed by atoms with Gasteiger partial charge >= 0.3 is 6.09 Å². The fourth-order valence-corrected chi connectivity index (χ4v) is 4.82. The van der Waals surface area contributed by atoms with E-state index in [0.29, 0.717) is 11.2 Å². The van der Waals surface area contributed by atoms with Crippen molar-refractivity contribution in [3.05, 3.63) is 54.6 Å². The molecule has 0 fully saturated rings. The zero-order chi connectivity index (χ0) is 23.3. The van der Waals surface area contributed by atoms with Crippen LogP contribution in [0.5, 0.6) is 11.5 Å². The van der Waals surface area contributed by atoms with Crippen molar-refractivity contribution in [2.75, 3.05) is 7.11 Å². The van der Waals surface area contributed by atoms with Gasteiger partial charge in [0.2, 0.25) is 0 Å². The highest BCUT2D eigenvalue weighted by atomic mass is 32.1. The van der Waals surface area contributed by atoms with Gasteiger partial charge in [-0.3, -0.25) is 0 Å². The van der Waals surface area contributed by atoms with Crippen LogP contribution in [0.25, 0.3) is 42.9 Å². The lowest BCUT2D eigenvalue weighted by molar-refractivity contribution is 0.0523. The van der Waals surface area contributed by atoms with Crippen LogP contribution in [0.4, 0.5) is 4.79 Å². The lowest BCUT2D eigenvalue weighted by Gasteiger charge is -2.19. The highest BCUT2D eigenvalue weighted by Gasteiger charge is 2.25. The van der Waals surface area contributed by atoms with Crippen molar-refractivity contribution in [2.45, 2.75) is 26.4 Å². The minimum atomic E-state index is -0.653. The van der Waals surface area contributed by atoms with E-state index in [0.717, 1.165) is 37.5 Å². The topological polar surface area (TPSA) is 89.4 Å². The van der Waals surface area contributed by atoms with Crippen LogP contribution >= 0.6 is 11.3 Å². The normalized spacial score (nSPS) is 11.9. The Morgan fingerprint density at radius 3 is 2.70 bits per heavy atom. The summed E-state index contributed by atoms with van der Waals surface area (Å²) in [5.41, 5.74) is 3.18. The molecular weight excluding hydrogens is 438 g/mol. The molecule has 7 nitrogen and oxygen atoms in total. The Morgan fingerprint density at radius 2 is 1.94 bits per heavy atom. The molecule has 2 aromatic carbocycles. The second-order valence-electron chi connectivity index (χ2n) is 8.75. The van der Waals surface area contributed by atoms with Crippen LogP contribution < -0.4 is 4.74 Å². The van der Waals surface area contributed by atoms with E-state index in [1.807, 2.05) is 63.2 Å². The molecule has 2 N–H and O–H groups in total. The summed E-state index contributed by atoms with van der Waals surface area (Å²) >= 11 is 1.54. The van der Waals surface area contributed by atoms with Crippen LogP contribution in [0.1, 0.15) is 20.8 Å². The molecular formula is C25H23N3O4S. The maximum Gasteiger partial charge on any atom is 0.435 e. The van der Waals surface area contributed by atoms with Crippen molar-refractivity contribution in [1.29, 1.82) is 0 Å². The number of phenols is 1. The molecule has 0 spiro atoms. The van der Waals surface area contributed by atoms with Gasteiger partial charge in [0.15, 0.2) is 0 Å². The number of thiophene rings is 1. The van der Waals surface area contributed by atoms with Crippen LogP contribution in [0, 0.1) is 0 Å². The maximum absolute atomic E-state index is 13.0. The van der Waals surface area contributed by atoms with Crippen LogP contribution in [0.15, 0.2) is 54.6 Å². The van der Waals surface area contributed by atoms with E-state index in [9.17, 15) is 9.90 Å². The summed E-state index contributed by atoms with van der Waals surface area (Å²) in [5, 5.41) is 15.4. The van der Waals surface area contributed by atoms with Crippen molar-refractivity contribution in [1.82, 2.24) is 14.8 Å². The Hall–Kier alpha value is -3.78. The number of aromatic amines is 1. The number of benzene rings is 2. The zero-order valence-electron chi connectivity index (χ0n) is 18.7. The minimum absolute atomic E-state index is 0.178. The van der Waals surface area contributed by atoms with E-state index in [1.165, 1.54) is 4.68 Å². The van der Waals surface area contributed by atoms with E-state index in [2.05, 4.69) is 10.1 Å². The van der Waals surface area contributed by atoms with Gasteiger partial charge in [0.05, 0.1) is 23.0 Å². The molecule has 0 aliphatic heterocycles. The molecule has 0 atom stereocenters. The van der Waals surface area contributed by atoms with Crippen molar-refractivity contribution in [2.24, 2.45) is 0 Å². The number of hydrogen-bond acceptors (Lipinski definition) is 6. The highest BCUT2D eigenvalue weighted by molar-refractivity contribution is 7.22. The number of H-pyrrole nitrogens is 1. The third-order valence-electron chi connectivity index (χ3n) is 5.14. The van der Waals surface area contributed by atoms with Gasteiger partial charge in [-0.15, -0.1) is 11.3 Å². The number of carbonyl (C=O) groups is 1. The fourth-order valence-electron chi connectivity index (χ4n) is 3.69.